The molecule has 2 aromatic rings. The maximum Gasteiger partial charge on any atom is 0.403 e. The van der Waals surface area contributed by atoms with Gasteiger partial charge in [-0.05, 0) is 12.5 Å². The van der Waals surface area contributed by atoms with Gasteiger partial charge in [0.2, 0.25) is 5.88 Å². The van der Waals surface area contributed by atoms with Gasteiger partial charge in [0.15, 0.2) is 5.69 Å². The van der Waals surface area contributed by atoms with Gasteiger partial charge in [0.25, 0.3) is 0 Å². The highest BCUT2D eigenvalue weighted by Gasteiger charge is 2.16. The third-order valence-electron chi connectivity index (χ3n) is 2.92. The van der Waals surface area contributed by atoms with Gasteiger partial charge in [-0.1, -0.05) is 36.7 Å². The Morgan fingerprint density at radius 1 is 1.42 bits per heavy atom. The monoisotopic (exact) mass is 260 g/mol. The Morgan fingerprint density at radius 3 is 2.84 bits per heavy atom. The molecule has 0 unspecified atom stereocenters. The summed E-state index contributed by atoms with van der Waals surface area (Å²) in [6, 6.07) is 7.65. The van der Waals surface area contributed by atoms with E-state index in [1.54, 1.807) is 0 Å². The molecule has 0 saturated carbocycles. The van der Waals surface area contributed by atoms with Gasteiger partial charge in [0.1, 0.15) is 0 Å². The summed E-state index contributed by atoms with van der Waals surface area (Å²) in [5.41, 5.74) is 6.60. The molecule has 1 aromatic heterocycles. The van der Waals surface area contributed by atoms with Gasteiger partial charge in [0.05, 0.1) is 5.52 Å². The Morgan fingerprint density at radius 2 is 2.16 bits per heavy atom. The molecule has 1 aromatic carbocycles. The van der Waals surface area contributed by atoms with Crippen molar-refractivity contribution in [3.05, 3.63) is 24.3 Å². The van der Waals surface area contributed by atoms with Crippen molar-refractivity contribution < 1.29 is 10.5 Å². The first-order valence-corrected chi connectivity index (χ1v) is 6.25. The summed E-state index contributed by atoms with van der Waals surface area (Å²) in [5, 5.41) is 23.9. The molecule has 0 spiro atoms. The van der Waals surface area contributed by atoms with Crippen molar-refractivity contribution in [1.29, 1.82) is 0 Å². The number of aromatic hydroxyl groups is 1. The van der Waals surface area contributed by atoms with E-state index in [1.807, 2.05) is 28.8 Å². The molecule has 0 radical (unpaired) electrons. The zero-order chi connectivity index (χ0) is 13.8. The first-order chi connectivity index (χ1) is 9.15. The highest BCUT2D eigenvalue weighted by atomic mass is 16.3. The van der Waals surface area contributed by atoms with Crippen molar-refractivity contribution in [3.63, 3.8) is 0 Å². The van der Waals surface area contributed by atoms with Crippen molar-refractivity contribution in [3.8, 4) is 5.88 Å². The number of nitrogens with zero attached hydrogens (tertiary/aromatic N) is 3. The number of rotatable bonds is 4. The van der Waals surface area contributed by atoms with Gasteiger partial charge in [-0.3, -0.25) is 11.1 Å². The molecule has 0 aliphatic heterocycles. The highest BCUT2D eigenvalue weighted by molar-refractivity contribution is 5.95. The predicted octanol–water partition coefficient (Wildman–Crippen LogP) is 1.30. The molecule has 100 valence electrons. The lowest BCUT2D eigenvalue weighted by molar-refractivity contribution is -0.117. The lowest BCUT2D eigenvalue weighted by Gasteiger charge is -2.04. The van der Waals surface area contributed by atoms with E-state index in [1.165, 1.54) is 0 Å². The summed E-state index contributed by atoms with van der Waals surface area (Å²) in [7, 11) is 0. The number of azo groups is 1. The maximum atomic E-state index is 10.3. The summed E-state index contributed by atoms with van der Waals surface area (Å²) < 4.78 is 1.83. The number of guanidine groups is 1. The topological polar surface area (TPSA) is 101 Å². The average Bonchev–Trinajstić information content (AvgIpc) is 2.66. The van der Waals surface area contributed by atoms with E-state index >= 15 is 0 Å². The largest absolute Gasteiger partial charge is 0.493 e. The number of hydrogen-bond acceptors (Lipinski definition) is 2. The van der Waals surface area contributed by atoms with Gasteiger partial charge in [-0.2, -0.15) is 0 Å². The fourth-order valence-corrected chi connectivity index (χ4v) is 2.02. The minimum absolute atomic E-state index is 0.0969. The molecule has 1 heterocycles. The third kappa shape index (κ3) is 2.57. The van der Waals surface area contributed by atoms with Gasteiger partial charge < -0.3 is 9.67 Å². The van der Waals surface area contributed by atoms with E-state index in [0.717, 1.165) is 30.3 Å². The Bertz CT molecular complexity index is 629. The van der Waals surface area contributed by atoms with Crippen LogP contribution in [0.2, 0.25) is 0 Å². The van der Waals surface area contributed by atoms with Crippen molar-refractivity contribution in [2.75, 3.05) is 0 Å². The van der Waals surface area contributed by atoms with Gasteiger partial charge >= 0.3 is 5.96 Å². The zero-order valence-corrected chi connectivity index (χ0v) is 10.9. The Hall–Kier alpha value is -2.37. The Labute approximate surface area is 111 Å². The molecule has 0 bridgehead atoms. The van der Waals surface area contributed by atoms with E-state index in [0.29, 0.717) is 5.69 Å². The normalized spacial score (nSPS) is 11.4. The molecule has 0 fully saturated rings. The van der Waals surface area contributed by atoms with Crippen molar-refractivity contribution in [2.24, 2.45) is 16.0 Å². The number of unbranched alkanes of at least 4 members (excludes halogenated alkanes) is 1. The van der Waals surface area contributed by atoms with E-state index in [-0.39, 0.29) is 11.8 Å². The molecule has 6 heteroatoms. The molecule has 5 N–H and O–H groups in total. The van der Waals surface area contributed by atoms with Crippen LogP contribution in [0, 0.1) is 0 Å². The second-order valence-corrected chi connectivity index (χ2v) is 4.32. The minimum Gasteiger partial charge on any atom is -0.493 e. The van der Waals surface area contributed by atoms with E-state index in [9.17, 15) is 5.11 Å². The van der Waals surface area contributed by atoms with Crippen LogP contribution in [-0.2, 0) is 6.54 Å². The van der Waals surface area contributed by atoms with Gasteiger partial charge in [0, 0.05) is 17.0 Å². The lowest BCUT2D eigenvalue weighted by Crippen LogP contribution is -2.43. The number of hydrogen-bond donors (Lipinski definition) is 3. The standard InChI is InChI=1S/C13H17N5O/c1-2-3-8-18-10-7-5-4-6-9(10)11(12(18)19)16-17-13(14)15/h4-7,19H,2-3,8H2,1H3,(H3,14,15)/p+1. The molecule has 0 atom stereocenters. The van der Waals surface area contributed by atoms with Crippen LogP contribution < -0.4 is 11.1 Å². The lowest BCUT2D eigenvalue weighted by atomic mass is 10.2. The van der Waals surface area contributed by atoms with Gasteiger partial charge in [-0.25, -0.2) is 0 Å². The molecule has 19 heavy (non-hydrogen) atoms. The molecule has 0 saturated heterocycles. The predicted molar refractivity (Wildman–Crippen MR) is 74.1 cm³/mol. The average molecular weight is 260 g/mol. The third-order valence-corrected chi connectivity index (χ3v) is 2.92. The molecule has 0 aliphatic rings. The van der Waals surface area contributed by atoms with Crippen LogP contribution in [-0.4, -0.2) is 15.6 Å². The van der Waals surface area contributed by atoms with Crippen molar-refractivity contribution in [1.82, 2.24) is 4.57 Å². The fraction of sp³-hybridized carbons (Fsp3) is 0.308. The number of fused-ring (bicyclic) bond motifs is 1. The van der Waals surface area contributed by atoms with Crippen LogP contribution in [0.1, 0.15) is 19.8 Å². The Kier molecular flexibility index (Phi) is 3.79. The molecule has 6 nitrogen and oxygen atoms in total. The summed E-state index contributed by atoms with van der Waals surface area (Å²) in [4.78, 5) is 0. The maximum absolute atomic E-state index is 10.3. The summed E-state index contributed by atoms with van der Waals surface area (Å²) in [5.74, 6) is -0.0376. The smallest absolute Gasteiger partial charge is 0.403 e. The number of para-hydroxylation sites is 1. The van der Waals surface area contributed by atoms with E-state index in [2.05, 4.69) is 17.2 Å². The van der Waals surface area contributed by atoms with Crippen LogP contribution in [0.15, 0.2) is 34.5 Å². The molecular formula is C13H18N5O+. The van der Waals surface area contributed by atoms with E-state index < -0.39 is 0 Å². The highest BCUT2D eigenvalue weighted by Crippen LogP contribution is 2.38. The second-order valence-electron chi connectivity index (χ2n) is 4.32. The van der Waals surface area contributed by atoms with E-state index in [4.69, 9.17) is 11.1 Å². The Balaban J connectivity index is 2.56. The van der Waals surface area contributed by atoms with Gasteiger partial charge in [-0.15, -0.1) is 0 Å². The summed E-state index contributed by atoms with van der Waals surface area (Å²) in [6.45, 7) is 2.84. The fourth-order valence-electron chi connectivity index (χ4n) is 2.02. The summed E-state index contributed by atoms with van der Waals surface area (Å²) >= 11 is 0. The van der Waals surface area contributed by atoms with Crippen LogP contribution >= 0.6 is 0 Å². The minimum atomic E-state index is -0.134. The van der Waals surface area contributed by atoms with Crippen LogP contribution in [0.5, 0.6) is 5.88 Å². The number of aryl methyl sites for hydroxylation is 1. The van der Waals surface area contributed by atoms with Crippen LogP contribution in [0.4, 0.5) is 5.69 Å². The molecule has 2 rings (SSSR count). The quantitative estimate of drug-likeness (QED) is 0.438. The SMILES string of the molecule is CCCCn1c(O)c(N=NC(N)=[NH2+])c2ccccc21. The second kappa shape index (κ2) is 5.51. The molecular weight excluding hydrogens is 242 g/mol. The first kappa shape index (κ1) is 13.1. The van der Waals surface area contributed by atoms with Crippen molar-refractivity contribution >= 4 is 22.5 Å². The number of benzene rings is 1. The number of nitrogens with two attached hydrogens (primary N) is 2. The summed E-state index contributed by atoms with van der Waals surface area (Å²) in [6.07, 6.45) is 2.03. The first-order valence-electron chi connectivity index (χ1n) is 6.25. The molecule has 0 amide bonds. The number of aromatic nitrogens is 1. The molecule has 0 aliphatic carbocycles. The zero-order valence-electron chi connectivity index (χ0n) is 10.9. The van der Waals surface area contributed by atoms with Crippen LogP contribution in [0.3, 0.4) is 0 Å². The van der Waals surface area contributed by atoms with Crippen molar-refractivity contribution in [2.45, 2.75) is 26.3 Å². The van der Waals surface area contributed by atoms with Crippen LogP contribution in [0.25, 0.3) is 10.9 Å².